The molecule has 2 fully saturated rings. The number of hydrogen-bond acceptors (Lipinski definition) is 8. The van der Waals surface area contributed by atoms with Gasteiger partial charge in [-0.05, 0) is 109 Å². The van der Waals surface area contributed by atoms with Crippen LogP contribution in [-0.2, 0) is 4.74 Å². The van der Waals surface area contributed by atoms with Gasteiger partial charge < -0.3 is 15.6 Å². The van der Waals surface area contributed by atoms with Crippen molar-refractivity contribution in [1.29, 1.82) is 0 Å². The van der Waals surface area contributed by atoms with E-state index in [0.29, 0.717) is 50.7 Å². The molecule has 2 aliphatic carbocycles. The zero-order valence-electron chi connectivity index (χ0n) is 32.7. The van der Waals surface area contributed by atoms with Crippen molar-refractivity contribution < 1.29 is 19.4 Å². The first kappa shape index (κ1) is 38.3. The Bertz CT molecular complexity index is 2330. The van der Waals surface area contributed by atoms with Crippen LogP contribution in [0.5, 0.6) is 0 Å². The number of carboxylic acids is 1. The van der Waals surface area contributed by atoms with Crippen LogP contribution in [-0.4, -0.2) is 51.4 Å². The van der Waals surface area contributed by atoms with Crippen molar-refractivity contribution >= 4 is 60.6 Å². The molecule has 0 spiro atoms. The molecule has 10 heteroatoms. The second-order valence-electron chi connectivity index (χ2n) is 17.3. The van der Waals surface area contributed by atoms with Crippen LogP contribution >= 0.6 is 11.3 Å². The van der Waals surface area contributed by atoms with Crippen molar-refractivity contribution in [3.63, 3.8) is 0 Å². The molecule has 2 aliphatic rings. The first-order valence-electron chi connectivity index (χ1n) is 19.2. The maximum atomic E-state index is 13.6. The fraction of sp³-hybridized carbons (Fsp3) is 0.400. The van der Waals surface area contributed by atoms with Crippen LogP contribution in [0.4, 0.5) is 5.13 Å². The second-order valence-corrected chi connectivity index (χ2v) is 18.3. The number of allylic oxidation sites excluding steroid dienone is 1. The van der Waals surface area contributed by atoms with E-state index >= 15 is 0 Å². The first-order chi connectivity index (χ1) is 26.1. The average Bonchev–Trinajstić information content (AvgIpc) is 3.54. The molecule has 3 atom stereocenters. The van der Waals surface area contributed by atoms with Gasteiger partial charge in [0.15, 0.2) is 10.8 Å². The van der Waals surface area contributed by atoms with E-state index in [2.05, 4.69) is 49.9 Å². The Kier molecular flexibility index (Phi) is 10.2. The highest BCUT2D eigenvalue weighted by molar-refractivity contribution is 7.22. The number of para-hydroxylation sites is 1. The molecular formula is C45H51N5O4S. The molecule has 4 N–H and O–H groups in total. The number of ether oxygens (including phenoxy) is 1. The van der Waals surface area contributed by atoms with Crippen LogP contribution in [0.15, 0.2) is 84.0 Å². The number of benzene rings is 3. The summed E-state index contributed by atoms with van der Waals surface area (Å²) in [5, 5.41) is 15.5. The molecule has 9 nitrogen and oxygen atoms in total. The Labute approximate surface area is 327 Å². The van der Waals surface area contributed by atoms with Gasteiger partial charge in [-0.25, -0.2) is 14.8 Å². The summed E-state index contributed by atoms with van der Waals surface area (Å²) in [7, 11) is 0. The molecular weight excluding hydrogens is 707 g/mol. The highest BCUT2D eigenvalue weighted by Crippen LogP contribution is 2.63. The summed E-state index contributed by atoms with van der Waals surface area (Å²) in [5.74, 6) is -1.45. The van der Waals surface area contributed by atoms with Gasteiger partial charge in [-0.15, -0.1) is 0 Å². The number of carbonyl (C=O) groups is 2. The van der Waals surface area contributed by atoms with Gasteiger partial charge in [0.25, 0.3) is 5.91 Å². The number of nitrogens with zero attached hydrogens (tertiary/aromatic N) is 3. The van der Waals surface area contributed by atoms with Crippen molar-refractivity contribution in [2.45, 2.75) is 85.7 Å². The van der Waals surface area contributed by atoms with Crippen LogP contribution < -0.4 is 11.1 Å². The van der Waals surface area contributed by atoms with Crippen molar-refractivity contribution in [2.24, 2.45) is 27.0 Å². The molecule has 286 valence electrons. The SMILES string of the molecule is CCCOC12CC(C)(C)CC(C)(CC(C)(CN=C(C)C(=CN)c3ccc(-c4ccc5cccc(C(=O)Nc6nc7ccccc7s6)c5c4)nc3C(=O)O)C1)C2. The van der Waals surface area contributed by atoms with Crippen LogP contribution in [0.3, 0.4) is 0 Å². The number of pyridine rings is 1. The van der Waals surface area contributed by atoms with Crippen LogP contribution in [0, 0.1) is 16.2 Å². The lowest BCUT2D eigenvalue weighted by molar-refractivity contribution is -0.189. The van der Waals surface area contributed by atoms with Crippen molar-refractivity contribution in [3.8, 4) is 11.3 Å². The molecule has 0 saturated heterocycles. The smallest absolute Gasteiger partial charge is 0.355 e. The number of hydrogen-bond donors (Lipinski definition) is 3. The Hall–Kier alpha value is -4.93. The number of carboxylic acid groups (broad SMARTS) is 1. The number of aromatic nitrogens is 2. The fourth-order valence-corrected chi connectivity index (χ4v) is 11.1. The van der Waals surface area contributed by atoms with Crippen LogP contribution in [0.1, 0.15) is 106 Å². The molecule has 2 aromatic heterocycles. The molecule has 0 aliphatic heterocycles. The van der Waals surface area contributed by atoms with E-state index in [9.17, 15) is 14.7 Å². The zero-order valence-corrected chi connectivity index (χ0v) is 33.5. The third kappa shape index (κ3) is 7.93. The lowest BCUT2D eigenvalue weighted by atomic mass is 9.48. The number of fused-ring (bicyclic) bond motifs is 4. The Balaban J connectivity index is 1.15. The largest absolute Gasteiger partial charge is 0.476 e. The van der Waals surface area contributed by atoms with E-state index < -0.39 is 5.97 Å². The van der Waals surface area contributed by atoms with Gasteiger partial charge in [0, 0.05) is 47.3 Å². The highest BCUT2D eigenvalue weighted by atomic mass is 32.1. The fourth-order valence-electron chi connectivity index (χ4n) is 10.2. The number of aliphatic imine (C=N–C) groups is 1. The first-order valence-corrected chi connectivity index (χ1v) is 20.0. The second kappa shape index (κ2) is 14.6. The number of rotatable bonds is 11. The van der Waals surface area contributed by atoms with Crippen LogP contribution in [0.2, 0.25) is 0 Å². The molecule has 2 bridgehead atoms. The number of aromatic carboxylic acids is 1. The maximum absolute atomic E-state index is 13.6. The van der Waals surface area contributed by atoms with E-state index in [0.717, 1.165) is 60.7 Å². The summed E-state index contributed by atoms with van der Waals surface area (Å²) in [6, 6.07) is 22.5. The number of carbonyl (C=O) groups excluding carboxylic acids is 1. The van der Waals surface area contributed by atoms with E-state index in [1.807, 2.05) is 61.5 Å². The summed E-state index contributed by atoms with van der Waals surface area (Å²) in [5.41, 5.74) is 10.3. The molecule has 7 rings (SSSR count). The summed E-state index contributed by atoms with van der Waals surface area (Å²) >= 11 is 1.42. The molecule has 0 radical (unpaired) electrons. The monoisotopic (exact) mass is 757 g/mol. The number of thiazole rings is 1. The topological polar surface area (TPSA) is 140 Å². The predicted octanol–water partition coefficient (Wildman–Crippen LogP) is 10.4. The minimum Gasteiger partial charge on any atom is -0.476 e. The van der Waals surface area contributed by atoms with Gasteiger partial charge >= 0.3 is 5.97 Å². The van der Waals surface area contributed by atoms with Crippen molar-refractivity contribution in [3.05, 3.63) is 95.8 Å². The third-order valence-corrected chi connectivity index (χ3v) is 12.2. The summed E-state index contributed by atoms with van der Waals surface area (Å²) in [4.78, 5) is 40.7. The Morgan fingerprint density at radius 2 is 1.75 bits per heavy atom. The minimum atomic E-state index is -1.17. The standard InChI is InChI=1S/C45H51N5O4S/c1-7-19-54-45-23-42(3,4)22-43(5,25-45)24-44(6,26-45)27-47-28(2)34(21-46)31-17-18-35(48-38(31)40(52)53)30-16-15-29-11-10-12-32(33(29)20-30)39(51)50-41-49-36-13-8-9-14-37(36)55-41/h8-18,20-21H,7,19,22-27,46H2,1-6H3,(H,52,53)(H,49,50,51). The van der Waals surface area contributed by atoms with Gasteiger partial charge in [-0.3, -0.25) is 15.1 Å². The van der Waals surface area contributed by atoms with E-state index in [1.54, 1.807) is 18.2 Å². The number of amides is 1. The van der Waals surface area contributed by atoms with Gasteiger partial charge in [0.1, 0.15) is 0 Å². The van der Waals surface area contributed by atoms with Gasteiger partial charge in [-0.2, -0.15) is 0 Å². The minimum absolute atomic E-state index is 0.0871. The summed E-state index contributed by atoms with van der Waals surface area (Å²) in [6.45, 7) is 14.9. The highest BCUT2D eigenvalue weighted by Gasteiger charge is 2.57. The number of nitrogens with two attached hydrogens (primary N) is 1. The Morgan fingerprint density at radius 3 is 2.49 bits per heavy atom. The molecule has 1 amide bonds. The zero-order chi connectivity index (χ0) is 39.2. The molecule has 3 unspecified atom stereocenters. The maximum Gasteiger partial charge on any atom is 0.355 e. The molecule has 5 aromatic rings. The van der Waals surface area contributed by atoms with Crippen LogP contribution in [0.25, 0.3) is 37.8 Å². The van der Waals surface area contributed by atoms with Gasteiger partial charge in [0.05, 0.1) is 21.5 Å². The molecule has 55 heavy (non-hydrogen) atoms. The number of anilines is 1. The van der Waals surface area contributed by atoms with E-state index in [4.69, 9.17) is 15.5 Å². The molecule has 2 saturated carbocycles. The third-order valence-electron chi connectivity index (χ3n) is 11.2. The normalized spacial score (nSPS) is 23.9. The predicted molar refractivity (Wildman–Crippen MR) is 224 cm³/mol. The molecule has 3 aromatic carbocycles. The Morgan fingerprint density at radius 1 is 0.945 bits per heavy atom. The quantitative estimate of drug-likeness (QED) is 0.114. The van der Waals surface area contributed by atoms with E-state index in [-0.39, 0.29) is 33.4 Å². The molecule has 2 heterocycles. The van der Waals surface area contributed by atoms with Crippen molar-refractivity contribution in [2.75, 3.05) is 18.5 Å². The summed E-state index contributed by atoms with van der Waals surface area (Å²) in [6.07, 6.45) is 7.67. The number of nitrogens with one attached hydrogen (secondary N) is 1. The van der Waals surface area contributed by atoms with Crippen molar-refractivity contribution in [1.82, 2.24) is 9.97 Å². The van der Waals surface area contributed by atoms with Gasteiger partial charge in [0.2, 0.25) is 0 Å². The van der Waals surface area contributed by atoms with Gasteiger partial charge in [-0.1, -0.05) is 82.4 Å². The van der Waals surface area contributed by atoms with E-state index in [1.165, 1.54) is 17.5 Å². The lowest BCUT2D eigenvalue weighted by Gasteiger charge is -2.61. The lowest BCUT2D eigenvalue weighted by Crippen LogP contribution is -2.57. The summed E-state index contributed by atoms with van der Waals surface area (Å²) < 4.78 is 7.71. The average molecular weight is 758 g/mol.